The highest BCUT2D eigenvalue weighted by molar-refractivity contribution is 5.45. The van der Waals surface area contributed by atoms with Gasteiger partial charge in [0.1, 0.15) is 11.6 Å². The van der Waals surface area contributed by atoms with E-state index in [1.165, 1.54) is 12.1 Å². The number of anilines is 1. The van der Waals surface area contributed by atoms with Crippen LogP contribution in [-0.2, 0) is 0 Å². The van der Waals surface area contributed by atoms with E-state index in [1.54, 1.807) is 4.52 Å². The molecule has 0 bridgehead atoms. The predicted molar refractivity (Wildman–Crippen MR) is 92.4 cm³/mol. The van der Waals surface area contributed by atoms with Crippen molar-refractivity contribution in [3.8, 4) is 0 Å². The first kappa shape index (κ1) is 16.4. The molecule has 5 nitrogen and oxygen atoms in total. The maximum Gasteiger partial charge on any atom is 0.178 e. The Balaban J connectivity index is 1.92. The minimum Gasteiger partial charge on any atom is -0.362 e. The first-order chi connectivity index (χ1) is 11.3. The van der Waals surface area contributed by atoms with Crippen LogP contribution in [0.15, 0.2) is 36.4 Å². The quantitative estimate of drug-likeness (QED) is 0.782. The summed E-state index contributed by atoms with van der Waals surface area (Å²) in [4.78, 5) is 0. The first-order valence-corrected chi connectivity index (χ1v) is 8.03. The summed E-state index contributed by atoms with van der Waals surface area (Å²) in [7, 11) is 0. The Hall–Kier alpha value is -2.50. The fraction of sp³-hybridized carbons (Fsp3) is 0.389. The van der Waals surface area contributed by atoms with Gasteiger partial charge in [0.15, 0.2) is 11.5 Å². The lowest BCUT2D eigenvalue weighted by atomic mass is 9.85. The maximum absolute atomic E-state index is 13.2. The summed E-state index contributed by atoms with van der Waals surface area (Å²) < 4.78 is 15.0. The van der Waals surface area contributed by atoms with Crippen molar-refractivity contribution in [1.29, 1.82) is 0 Å². The van der Waals surface area contributed by atoms with Crippen molar-refractivity contribution < 1.29 is 4.39 Å². The van der Waals surface area contributed by atoms with E-state index in [0.717, 1.165) is 23.6 Å². The topological polar surface area (TPSA) is 55.1 Å². The largest absolute Gasteiger partial charge is 0.362 e. The number of halogens is 1. The molecule has 24 heavy (non-hydrogen) atoms. The van der Waals surface area contributed by atoms with Crippen molar-refractivity contribution in [3.05, 3.63) is 53.6 Å². The highest BCUT2D eigenvalue weighted by Crippen LogP contribution is 2.32. The third-order valence-corrected chi connectivity index (χ3v) is 3.83. The van der Waals surface area contributed by atoms with Crippen LogP contribution < -0.4 is 5.32 Å². The standard InChI is InChI=1S/C18H22FN5/c1-12-21-22-17-10-9-16(23-24(12)17)20-15(11-18(2,3)4)13-5-7-14(19)8-6-13/h5-10,15H,11H2,1-4H3,(H,20,23). The summed E-state index contributed by atoms with van der Waals surface area (Å²) in [6.45, 7) is 8.42. The summed E-state index contributed by atoms with van der Waals surface area (Å²) in [5, 5.41) is 16.1. The minimum absolute atomic E-state index is 0.0346. The fourth-order valence-corrected chi connectivity index (χ4v) is 2.71. The molecule has 6 heteroatoms. The Morgan fingerprint density at radius 3 is 2.46 bits per heavy atom. The van der Waals surface area contributed by atoms with Gasteiger partial charge >= 0.3 is 0 Å². The van der Waals surface area contributed by atoms with Gasteiger partial charge in [-0.3, -0.25) is 0 Å². The van der Waals surface area contributed by atoms with Gasteiger partial charge in [-0.05, 0) is 48.6 Å². The first-order valence-electron chi connectivity index (χ1n) is 8.03. The van der Waals surface area contributed by atoms with Gasteiger partial charge in [0.2, 0.25) is 0 Å². The third-order valence-electron chi connectivity index (χ3n) is 3.83. The van der Waals surface area contributed by atoms with Gasteiger partial charge in [-0.2, -0.15) is 4.52 Å². The van der Waals surface area contributed by atoms with E-state index in [9.17, 15) is 4.39 Å². The Kier molecular flexibility index (Phi) is 4.22. The molecule has 0 aliphatic carbocycles. The number of nitrogens with zero attached hydrogens (tertiary/aromatic N) is 4. The Morgan fingerprint density at radius 1 is 1.08 bits per heavy atom. The van der Waals surface area contributed by atoms with Gasteiger partial charge in [-0.25, -0.2) is 4.39 Å². The SMILES string of the molecule is Cc1nnc2ccc(NC(CC(C)(C)C)c3ccc(F)cc3)nn12. The highest BCUT2D eigenvalue weighted by atomic mass is 19.1. The van der Waals surface area contributed by atoms with Crippen molar-refractivity contribution in [2.75, 3.05) is 5.32 Å². The molecule has 2 heterocycles. The molecule has 0 aliphatic heterocycles. The third kappa shape index (κ3) is 3.69. The molecule has 0 saturated carbocycles. The maximum atomic E-state index is 13.2. The van der Waals surface area contributed by atoms with Crippen molar-refractivity contribution in [3.63, 3.8) is 0 Å². The van der Waals surface area contributed by atoms with E-state index in [-0.39, 0.29) is 17.3 Å². The van der Waals surface area contributed by atoms with Gasteiger partial charge in [0, 0.05) is 0 Å². The van der Waals surface area contributed by atoms with Crippen LogP contribution in [0.5, 0.6) is 0 Å². The smallest absolute Gasteiger partial charge is 0.178 e. The molecular weight excluding hydrogens is 305 g/mol. The number of hydrogen-bond donors (Lipinski definition) is 1. The number of benzene rings is 1. The molecule has 1 N–H and O–H groups in total. The molecule has 1 aromatic carbocycles. The molecule has 0 fully saturated rings. The molecule has 0 amide bonds. The van der Waals surface area contributed by atoms with Crippen LogP contribution in [-0.4, -0.2) is 19.8 Å². The number of rotatable bonds is 4. The zero-order valence-corrected chi connectivity index (χ0v) is 14.4. The van der Waals surface area contributed by atoms with Crippen LogP contribution in [0.25, 0.3) is 5.65 Å². The monoisotopic (exact) mass is 327 g/mol. The summed E-state index contributed by atoms with van der Waals surface area (Å²) in [6.07, 6.45) is 0.888. The second-order valence-corrected chi connectivity index (χ2v) is 7.25. The summed E-state index contributed by atoms with van der Waals surface area (Å²) >= 11 is 0. The van der Waals surface area contributed by atoms with E-state index in [1.807, 2.05) is 31.2 Å². The summed E-state index contributed by atoms with van der Waals surface area (Å²) in [6, 6.07) is 10.4. The zero-order valence-electron chi connectivity index (χ0n) is 14.4. The van der Waals surface area contributed by atoms with E-state index >= 15 is 0 Å². The molecule has 2 aromatic heterocycles. The predicted octanol–water partition coefficient (Wildman–Crippen LogP) is 4.16. The molecular formula is C18H22FN5. The summed E-state index contributed by atoms with van der Waals surface area (Å²) in [5.41, 5.74) is 1.86. The van der Waals surface area contributed by atoms with Gasteiger partial charge in [-0.15, -0.1) is 15.3 Å². The van der Waals surface area contributed by atoms with Crippen LogP contribution in [0.2, 0.25) is 0 Å². The Morgan fingerprint density at radius 2 is 1.79 bits per heavy atom. The second kappa shape index (κ2) is 6.19. The molecule has 1 unspecified atom stereocenters. The van der Waals surface area contributed by atoms with Crippen molar-refractivity contribution in [2.45, 2.75) is 40.2 Å². The van der Waals surface area contributed by atoms with Gasteiger partial charge in [-0.1, -0.05) is 32.9 Å². The van der Waals surface area contributed by atoms with Crippen LogP contribution >= 0.6 is 0 Å². The molecule has 0 radical (unpaired) electrons. The number of fused-ring (bicyclic) bond motifs is 1. The lowest BCUT2D eigenvalue weighted by molar-refractivity contribution is 0.352. The van der Waals surface area contributed by atoms with Crippen LogP contribution in [0, 0.1) is 18.2 Å². The highest BCUT2D eigenvalue weighted by Gasteiger charge is 2.21. The number of hydrogen-bond acceptors (Lipinski definition) is 4. The second-order valence-electron chi connectivity index (χ2n) is 7.25. The van der Waals surface area contributed by atoms with Crippen LogP contribution in [0.4, 0.5) is 10.2 Å². The van der Waals surface area contributed by atoms with Gasteiger partial charge in [0.05, 0.1) is 6.04 Å². The van der Waals surface area contributed by atoms with E-state index < -0.39 is 0 Å². The molecule has 3 rings (SSSR count). The minimum atomic E-state index is -0.229. The molecule has 0 aliphatic rings. The normalized spacial score (nSPS) is 13.2. The number of nitrogens with one attached hydrogen (secondary N) is 1. The number of aryl methyl sites for hydroxylation is 1. The van der Waals surface area contributed by atoms with Crippen LogP contribution in [0.3, 0.4) is 0 Å². The Bertz CT molecular complexity index is 833. The Labute approximate surface area is 140 Å². The molecule has 0 spiro atoms. The zero-order chi connectivity index (χ0) is 17.3. The van der Waals surface area contributed by atoms with E-state index in [0.29, 0.717) is 5.65 Å². The average Bonchev–Trinajstić information content (AvgIpc) is 2.87. The molecule has 126 valence electrons. The van der Waals surface area contributed by atoms with Crippen molar-refractivity contribution in [2.24, 2.45) is 5.41 Å². The lowest BCUT2D eigenvalue weighted by Gasteiger charge is -2.27. The lowest BCUT2D eigenvalue weighted by Crippen LogP contribution is -2.19. The average molecular weight is 327 g/mol. The van der Waals surface area contributed by atoms with Crippen molar-refractivity contribution in [1.82, 2.24) is 19.8 Å². The number of aromatic nitrogens is 4. The van der Waals surface area contributed by atoms with Gasteiger partial charge in [0.25, 0.3) is 0 Å². The molecule has 3 aromatic rings. The van der Waals surface area contributed by atoms with Gasteiger partial charge < -0.3 is 5.32 Å². The fourth-order valence-electron chi connectivity index (χ4n) is 2.71. The van der Waals surface area contributed by atoms with Crippen molar-refractivity contribution >= 4 is 11.5 Å². The van der Waals surface area contributed by atoms with E-state index in [2.05, 4.69) is 41.4 Å². The van der Waals surface area contributed by atoms with Crippen LogP contribution in [0.1, 0.15) is 44.6 Å². The molecule has 1 atom stereocenters. The summed E-state index contributed by atoms with van der Waals surface area (Å²) in [5.74, 6) is 1.25. The van der Waals surface area contributed by atoms with E-state index in [4.69, 9.17) is 0 Å². The molecule has 0 saturated heterocycles.